The first-order valence-electron chi connectivity index (χ1n) is 17.1. The van der Waals surface area contributed by atoms with E-state index < -0.39 is 11.5 Å². The van der Waals surface area contributed by atoms with Gasteiger partial charge in [0, 0.05) is 61.8 Å². The zero-order valence-corrected chi connectivity index (χ0v) is 27.9. The number of aromatic nitrogens is 2. The molecule has 1 aromatic heterocycles. The maximum atomic E-state index is 13.6. The van der Waals surface area contributed by atoms with E-state index in [1.165, 1.54) is 0 Å². The summed E-state index contributed by atoms with van der Waals surface area (Å²) in [6.07, 6.45) is 9.17. The van der Waals surface area contributed by atoms with Gasteiger partial charge in [-0.1, -0.05) is 30.3 Å². The van der Waals surface area contributed by atoms with Crippen molar-refractivity contribution in [3.05, 3.63) is 66.5 Å². The topological polar surface area (TPSA) is 143 Å². The second-order valence-corrected chi connectivity index (χ2v) is 13.6. The Labute approximate surface area is 281 Å². The number of hydrogen-bond acceptors (Lipinski definition) is 7. The fraction of sp³-hybridized carbons (Fsp3) is 0.500. The van der Waals surface area contributed by atoms with Crippen LogP contribution in [-0.4, -0.2) is 99.5 Å². The lowest BCUT2D eigenvalue weighted by Crippen LogP contribution is -2.52. The van der Waals surface area contributed by atoms with Gasteiger partial charge in [-0.3, -0.25) is 14.7 Å². The maximum Gasteiger partial charge on any atom is 0.318 e. The number of H-pyrrole nitrogens is 1. The second kappa shape index (κ2) is 14.7. The van der Waals surface area contributed by atoms with E-state index in [9.17, 15) is 19.5 Å². The summed E-state index contributed by atoms with van der Waals surface area (Å²) in [5.41, 5.74) is 2.95. The van der Waals surface area contributed by atoms with Gasteiger partial charge in [-0.25, -0.2) is 4.79 Å². The molecule has 3 fully saturated rings. The van der Waals surface area contributed by atoms with Crippen molar-refractivity contribution in [3.63, 3.8) is 0 Å². The summed E-state index contributed by atoms with van der Waals surface area (Å²) in [4.78, 5) is 45.1. The number of aliphatic hydroxyl groups excluding tert-OH is 1. The molecule has 3 heterocycles. The Morgan fingerprint density at radius 2 is 1.83 bits per heavy atom. The molecule has 2 aromatic carbocycles. The van der Waals surface area contributed by atoms with Crippen LogP contribution < -0.4 is 20.3 Å². The Balaban J connectivity index is 1.02. The quantitative estimate of drug-likeness (QED) is 0.233. The normalized spacial score (nSPS) is 19.6. The molecule has 0 bridgehead atoms. The minimum absolute atomic E-state index is 0.00124. The van der Waals surface area contributed by atoms with E-state index in [1.54, 1.807) is 24.9 Å². The fourth-order valence-electron chi connectivity index (χ4n) is 6.66. The van der Waals surface area contributed by atoms with Gasteiger partial charge in [-0.15, -0.1) is 0 Å². The smallest absolute Gasteiger partial charge is 0.318 e. The Kier molecular flexibility index (Phi) is 10.2. The minimum atomic E-state index is -1.22. The number of amides is 4. The highest BCUT2D eigenvalue weighted by atomic mass is 16.5. The number of carbonyl (C=O) groups excluding carboxylic acids is 3. The molecule has 12 nitrogen and oxygen atoms in total. The molecule has 0 unspecified atom stereocenters. The van der Waals surface area contributed by atoms with Crippen molar-refractivity contribution in [2.45, 2.75) is 82.6 Å². The van der Waals surface area contributed by atoms with E-state index in [1.807, 2.05) is 35.4 Å². The van der Waals surface area contributed by atoms with Crippen LogP contribution >= 0.6 is 0 Å². The molecule has 12 heteroatoms. The highest BCUT2D eigenvalue weighted by molar-refractivity contribution is 5.89. The third-order valence-electron chi connectivity index (χ3n) is 9.55. The average molecular weight is 658 g/mol. The van der Waals surface area contributed by atoms with E-state index in [0.717, 1.165) is 67.4 Å². The molecule has 6 rings (SSSR count). The first-order chi connectivity index (χ1) is 23.2. The van der Waals surface area contributed by atoms with Crippen molar-refractivity contribution in [1.82, 2.24) is 30.6 Å². The molecule has 0 spiro atoms. The molecule has 1 saturated carbocycles. The summed E-state index contributed by atoms with van der Waals surface area (Å²) >= 11 is 0. The number of rotatable bonds is 12. The van der Waals surface area contributed by atoms with Crippen LogP contribution in [0, 0.1) is 0 Å². The van der Waals surface area contributed by atoms with E-state index in [2.05, 4.69) is 50.0 Å². The number of aliphatic hydroxyl groups is 1. The number of piperidine rings is 1. The molecule has 3 aromatic rings. The number of anilines is 1. The molecule has 48 heavy (non-hydrogen) atoms. The van der Waals surface area contributed by atoms with Gasteiger partial charge in [0.1, 0.15) is 5.75 Å². The van der Waals surface area contributed by atoms with Crippen LogP contribution in [0.4, 0.5) is 10.5 Å². The molecule has 3 aliphatic rings. The molecule has 2 saturated heterocycles. The number of hydrogen-bond donors (Lipinski definition) is 4. The van der Waals surface area contributed by atoms with Crippen molar-refractivity contribution in [2.24, 2.45) is 0 Å². The minimum Gasteiger partial charge on any atom is -0.478 e. The summed E-state index contributed by atoms with van der Waals surface area (Å²) in [7, 11) is 0. The van der Waals surface area contributed by atoms with Gasteiger partial charge in [0.25, 0.3) is 5.91 Å². The third kappa shape index (κ3) is 8.10. The van der Waals surface area contributed by atoms with Crippen LogP contribution in [0.2, 0.25) is 0 Å². The maximum absolute atomic E-state index is 13.6. The van der Waals surface area contributed by atoms with E-state index in [-0.39, 0.29) is 43.2 Å². The van der Waals surface area contributed by atoms with Crippen molar-refractivity contribution in [2.75, 3.05) is 37.7 Å². The monoisotopic (exact) mass is 657 g/mol. The molecule has 1 aliphatic carbocycles. The molecule has 2 aliphatic heterocycles. The van der Waals surface area contributed by atoms with Crippen molar-refractivity contribution < 1.29 is 24.2 Å². The Morgan fingerprint density at radius 1 is 1.04 bits per heavy atom. The first kappa shape index (κ1) is 33.3. The Hall–Kier alpha value is -4.58. The van der Waals surface area contributed by atoms with Gasteiger partial charge in [0.2, 0.25) is 5.91 Å². The molecular weight excluding hydrogens is 610 g/mol. The van der Waals surface area contributed by atoms with Crippen LogP contribution in [0.5, 0.6) is 5.75 Å². The fourth-order valence-corrected chi connectivity index (χ4v) is 6.66. The highest BCUT2D eigenvalue weighted by Gasteiger charge is 2.35. The molecule has 256 valence electrons. The largest absolute Gasteiger partial charge is 0.478 e. The number of aromatic amines is 1. The third-order valence-corrected chi connectivity index (χ3v) is 9.55. The van der Waals surface area contributed by atoms with Gasteiger partial charge in [0.15, 0.2) is 5.60 Å². The average Bonchev–Trinajstić information content (AvgIpc) is 3.55. The summed E-state index contributed by atoms with van der Waals surface area (Å²) in [6.45, 7) is 5.82. The summed E-state index contributed by atoms with van der Waals surface area (Å²) in [6, 6.07) is 16.0. The van der Waals surface area contributed by atoms with E-state index >= 15 is 0 Å². The summed E-state index contributed by atoms with van der Waals surface area (Å²) in [5, 5.41) is 22.4. The van der Waals surface area contributed by atoms with Crippen molar-refractivity contribution in [1.29, 1.82) is 0 Å². The lowest BCUT2D eigenvalue weighted by Gasteiger charge is -2.36. The summed E-state index contributed by atoms with van der Waals surface area (Å²) in [5.74, 6) is -0.0515. The van der Waals surface area contributed by atoms with Crippen molar-refractivity contribution >= 4 is 23.5 Å². The predicted octanol–water partition coefficient (Wildman–Crippen LogP) is 3.68. The zero-order chi connectivity index (χ0) is 33.7. The van der Waals surface area contributed by atoms with Crippen LogP contribution in [0.1, 0.15) is 57.9 Å². The van der Waals surface area contributed by atoms with Crippen LogP contribution in [0.3, 0.4) is 0 Å². The standard InChI is InChI=1S/C36H47N7O5/c1-36(2,34(46)37-21-33(45)42-17-5-8-31(42)24-44)48-32-9-3-7-30(18-32)41-16-4-6-28(23-41)40-35(47)43(29-14-15-29)22-25-10-12-26(13-11-25)27-19-38-39-20-27/h3,7,9-13,18-20,28-29,31,44H,4-6,8,14-17,21-24H2,1-2H3,(H,37,46)(H,38,39)(H,40,47)/t28-,31-/m0/s1. The zero-order valence-electron chi connectivity index (χ0n) is 27.9. The van der Waals surface area contributed by atoms with Gasteiger partial charge >= 0.3 is 6.03 Å². The SMILES string of the molecule is CC(C)(Oc1cccc(N2CCC[C@H](NC(=O)N(Cc3ccc(-c4cn[nH]c4)cc3)C3CC3)C2)c1)C(=O)NCC(=O)N1CCC[C@H]1CO. The highest BCUT2D eigenvalue weighted by Crippen LogP contribution is 2.30. The number of likely N-dealkylation sites (tertiary alicyclic amines) is 1. The number of nitrogens with zero attached hydrogens (tertiary/aromatic N) is 4. The van der Waals surface area contributed by atoms with Gasteiger partial charge in [-0.2, -0.15) is 5.10 Å². The molecule has 0 radical (unpaired) electrons. The summed E-state index contributed by atoms with van der Waals surface area (Å²) < 4.78 is 6.15. The van der Waals surface area contributed by atoms with Gasteiger partial charge in [-0.05, 0) is 75.6 Å². The second-order valence-electron chi connectivity index (χ2n) is 13.6. The first-order valence-corrected chi connectivity index (χ1v) is 17.1. The number of ether oxygens (including phenoxy) is 1. The molecule has 2 atom stereocenters. The Morgan fingerprint density at radius 3 is 2.56 bits per heavy atom. The van der Waals surface area contributed by atoms with Gasteiger partial charge in [0.05, 0.1) is 25.4 Å². The number of benzene rings is 2. The van der Waals surface area contributed by atoms with E-state index in [4.69, 9.17) is 4.74 Å². The predicted molar refractivity (Wildman–Crippen MR) is 182 cm³/mol. The lowest BCUT2D eigenvalue weighted by atomic mass is 10.0. The van der Waals surface area contributed by atoms with E-state index in [0.29, 0.717) is 25.4 Å². The van der Waals surface area contributed by atoms with Crippen molar-refractivity contribution in [3.8, 4) is 16.9 Å². The number of urea groups is 1. The number of nitrogens with one attached hydrogen (secondary N) is 3. The molecular formula is C36H47N7O5. The van der Waals surface area contributed by atoms with Gasteiger partial charge < -0.3 is 35.2 Å². The van der Waals surface area contributed by atoms with Crippen LogP contribution in [0.25, 0.3) is 11.1 Å². The van der Waals surface area contributed by atoms with Crippen LogP contribution in [-0.2, 0) is 16.1 Å². The number of carbonyl (C=O) groups is 3. The lowest BCUT2D eigenvalue weighted by molar-refractivity contribution is -0.139. The molecule has 4 N–H and O–H groups in total. The Bertz CT molecular complexity index is 1560. The van der Waals surface area contributed by atoms with Crippen LogP contribution in [0.15, 0.2) is 60.9 Å². The molecule has 4 amide bonds.